The van der Waals surface area contributed by atoms with E-state index in [1.54, 1.807) is 11.8 Å². The zero-order chi connectivity index (χ0) is 13.6. The van der Waals surface area contributed by atoms with Crippen LogP contribution in [0.1, 0.15) is 25.7 Å². The largest absolute Gasteiger partial charge is 0.481 e. The first-order chi connectivity index (χ1) is 8.47. The van der Waals surface area contributed by atoms with Crippen molar-refractivity contribution in [3.63, 3.8) is 0 Å². The van der Waals surface area contributed by atoms with E-state index < -0.39 is 12.0 Å². The first-order valence-corrected chi connectivity index (χ1v) is 6.94. The van der Waals surface area contributed by atoms with Crippen LogP contribution in [0.2, 0.25) is 0 Å². The fourth-order valence-electron chi connectivity index (χ4n) is 1.57. The van der Waals surface area contributed by atoms with E-state index in [-0.39, 0.29) is 24.2 Å². The summed E-state index contributed by atoms with van der Waals surface area (Å²) in [4.78, 5) is 32.7. The molecule has 1 aliphatic rings. The van der Waals surface area contributed by atoms with Gasteiger partial charge < -0.3 is 10.4 Å². The maximum Gasteiger partial charge on any atom is 0.321 e. The first kappa shape index (κ1) is 14.8. The molecule has 1 rings (SSSR count). The van der Waals surface area contributed by atoms with Crippen molar-refractivity contribution in [2.75, 3.05) is 18.6 Å². The third kappa shape index (κ3) is 5.39. The van der Waals surface area contributed by atoms with Gasteiger partial charge in [0.25, 0.3) is 0 Å². The minimum Gasteiger partial charge on any atom is -0.481 e. The van der Waals surface area contributed by atoms with E-state index in [0.717, 1.165) is 18.6 Å². The molecule has 0 saturated heterocycles. The highest BCUT2D eigenvalue weighted by molar-refractivity contribution is 7.99. The Bertz CT molecular complexity index is 342. The summed E-state index contributed by atoms with van der Waals surface area (Å²) in [7, 11) is 1.44. The van der Waals surface area contributed by atoms with Gasteiger partial charge in [0, 0.05) is 19.2 Å². The second-order valence-electron chi connectivity index (χ2n) is 4.50. The Morgan fingerprint density at radius 3 is 2.50 bits per heavy atom. The van der Waals surface area contributed by atoms with Gasteiger partial charge >= 0.3 is 12.0 Å². The summed E-state index contributed by atoms with van der Waals surface area (Å²) in [5.74, 6) is 0.298. The fourth-order valence-corrected chi connectivity index (χ4v) is 2.87. The minimum absolute atomic E-state index is 0.0478. The van der Waals surface area contributed by atoms with Gasteiger partial charge in [0.05, 0.1) is 6.42 Å². The van der Waals surface area contributed by atoms with Crippen molar-refractivity contribution in [2.45, 2.75) is 25.7 Å². The lowest BCUT2D eigenvalue weighted by atomic mass is 10.1. The molecule has 0 radical (unpaired) electrons. The van der Waals surface area contributed by atoms with Gasteiger partial charge in [-0.15, -0.1) is 0 Å². The number of urea groups is 1. The summed E-state index contributed by atoms with van der Waals surface area (Å²) in [5.41, 5.74) is -0.0478. The van der Waals surface area contributed by atoms with Crippen molar-refractivity contribution in [1.29, 1.82) is 0 Å². The smallest absolute Gasteiger partial charge is 0.321 e. The predicted octanol–water partition coefficient (Wildman–Crippen LogP) is 0.820. The molecular formula is C11H18N2O4S. The number of thioether (sulfide) groups is 1. The number of hydrogen-bond acceptors (Lipinski definition) is 4. The van der Waals surface area contributed by atoms with Crippen LogP contribution in [0.3, 0.4) is 0 Å². The minimum atomic E-state index is -0.759. The van der Waals surface area contributed by atoms with Crippen molar-refractivity contribution in [2.24, 2.45) is 5.41 Å². The monoisotopic (exact) mass is 274 g/mol. The SMILES string of the molecule is CNC(=O)NC(=O)CCSCC1(CC(=O)O)CC1. The van der Waals surface area contributed by atoms with Crippen LogP contribution in [0.25, 0.3) is 0 Å². The number of nitrogens with one attached hydrogen (secondary N) is 2. The van der Waals surface area contributed by atoms with Crippen LogP contribution in [-0.4, -0.2) is 41.6 Å². The lowest BCUT2D eigenvalue weighted by molar-refractivity contribution is -0.138. The summed E-state index contributed by atoms with van der Waals surface area (Å²) >= 11 is 1.57. The van der Waals surface area contributed by atoms with Crippen molar-refractivity contribution >= 4 is 29.7 Å². The van der Waals surface area contributed by atoms with Gasteiger partial charge in [0.15, 0.2) is 0 Å². The molecule has 102 valence electrons. The molecule has 7 heteroatoms. The second-order valence-corrected chi connectivity index (χ2v) is 5.61. The standard InChI is InChI=1S/C11H18N2O4S/c1-12-10(17)13-8(14)2-5-18-7-11(3-4-11)6-9(15)16/h2-7H2,1H3,(H,15,16)(H2,12,13,14,17). The molecule has 0 aromatic heterocycles. The van der Waals surface area contributed by atoms with Crippen LogP contribution in [0.5, 0.6) is 0 Å². The number of carboxylic acid groups (broad SMARTS) is 1. The van der Waals surface area contributed by atoms with Crippen LogP contribution in [0.4, 0.5) is 4.79 Å². The molecule has 0 spiro atoms. The summed E-state index contributed by atoms with van der Waals surface area (Å²) in [6.07, 6.45) is 2.39. The lowest BCUT2D eigenvalue weighted by Crippen LogP contribution is -2.37. The predicted molar refractivity (Wildman–Crippen MR) is 68.5 cm³/mol. The van der Waals surface area contributed by atoms with Crippen LogP contribution < -0.4 is 10.6 Å². The van der Waals surface area contributed by atoms with E-state index in [0.29, 0.717) is 5.75 Å². The van der Waals surface area contributed by atoms with Crippen LogP contribution in [0, 0.1) is 5.41 Å². The molecule has 18 heavy (non-hydrogen) atoms. The number of rotatable bonds is 7. The number of carbonyl (C=O) groups is 3. The van der Waals surface area contributed by atoms with E-state index in [2.05, 4.69) is 10.6 Å². The number of carboxylic acids is 1. The first-order valence-electron chi connectivity index (χ1n) is 5.78. The van der Waals surface area contributed by atoms with Gasteiger partial charge in [-0.2, -0.15) is 11.8 Å². The molecule has 0 bridgehead atoms. The van der Waals surface area contributed by atoms with E-state index >= 15 is 0 Å². The molecule has 1 saturated carbocycles. The normalized spacial score (nSPS) is 15.8. The van der Waals surface area contributed by atoms with Gasteiger partial charge in [-0.25, -0.2) is 4.79 Å². The number of carbonyl (C=O) groups excluding carboxylic acids is 2. The number of imide groups is 1. The molecule has 0 unspecified atom stereocenters. The Kier molecular flexibility index (Phi) is 5.46. The van der Waals surface area contributed by atoms with Crippen LogP contribution in [-0.2, 0) is 9.59 Å². The van der Waals surface area contributed by atoms with Crippen LogP contribution in [0.15, 0.2) is 0 Å². The number of amides is 3. The molecule has 0 heterocycles. The summed E-state index contributed by atoms with van der Waals surface area (Å²) < 4.78 is 0. The molecule has 6 nitrogen and oxygen atoms in total. The molecule has 0 aliphatic heterocycles. The van der Waals surface area contributed by atoms with Crippen molar-refractivity contribution in [3.8, 4) is 0 Å². The maximum absolute atomic E-state index is 11.3. The summed E-state index contributed by atoms with van der Waals surface area (Å²) in [6, 6.07) is -0.505. The van der Waals surface area contributed by atoms with E-state index in [1.165, 1.54) is 7.05 Å². The van der Waals surface area contributed by atoms with Gasteiger partial charge in [-0.3, -0.25) is 14.9 Å². The van der Waals surface area contributed by atoms with Gasteiger partial charge in [-0.1, -0.05) is 0 Å². The highest BCUT2D eigenvalue weighted by Gasteiger charge is 2.43. The fraction of sp³-hybridized carbons (Fsp3) is 0.727. The molecule has 1 fully saturated rings. The lowest BCUT2D eigenvalue weighted by Gasteiger charge is -2.11. The summed E-state index contributed by atoms with van der Waals surface area (Å²) in [5, 5.41) is 13.2. The topological polar surface area (TPSA) is 95.5 Å². The van der Waals surface area contributed by atoms with E-state index in [4.69, 9.17) is 5.11 Å². The average molecular weight is 274 g/mol. The third-order valence-corrected chi connectivity index (χ3v) is 4.15. The van der Waals surface area contributed by atoms with Gasteiger partial charge in [0.1, 0.15) is 0 Å². The Hall–Kier alpha value is -1.24. The summed E-state index contributed by atoms with van der Waals surface area (Å²) in [6.45, 7) is 0. The molecule has 0 atom stereocenters. The molecule has 0 aromatic rings. The maximum atomic E-state index is 11.3. The molecular weight excluding hydrogens is 256 g/mol. The molecule has 3 amide bonds. The average Bonchev–Trinajstić information content (AvgIpc) is 3.03. The molecule has 1 aliphatic carbocycles. The van der Waals surface area contributed by atoms with Crippen molar-refractivity contribution in [3.05, 3.63) is 0 Å². The highest BCUT2D eigenvalue weighted by atomic mass is 32.2. The molecule has 0 aromatic carbocycles. The van der Waals surface area contributed by atoms with Crippen molar-refractivity contribution in [1.82, 2.24) is 10.6 Å². The van der Waals surface area contributed by atoms with Gasteiger partial charge in [-0.05, 0) is 24.0 Å². The van der Waals surface area contributed by atoms with E-state index in [1.807, 2.05) is 0 Å². The zero-order valence-corrected chi connectivity index (χ0v) is 11.1. The Morgan fingerprint density at radius 1 is 1.33 bits per heavy atom. The Morgan fingerprint density at radius 2 is 2.00 bits per heavy atom. The van der Waals surface area contributed by atoms with E-state index in [9.17, 15) is 14.4 Å². The van der Waals surface area contributed by atoms with Gasteiger partial charge in [0.2, 0.25) is 5.91 Å². The zero-order valence-electron chi connectivity index (χ0n) is 10.3. The third-order valence-electron chi connectivity index (χ3n) is 2.85. The Labute approximate surface area is 110 Å². The number of aliphatic carboxylic acids is 1. The molecule has 3 N–H and O–H groups in total. The second kappa shape index (κ2) is 6.63. The highest BCUT2D eigenvalue weighted by Crippen LogP contribution is 2.50. The van der Waals surface area contributed by atoms with Crippen molar-refractivity contribution < 1.29 is 19.5 Å². The van der Waals surface area contributed by atoms with Crippen LogP contribution >= 0.6 is 11.8 Å². The Balaban J connectivity index is 2.10. The number of hydrogen-bond donors (Lipinski definition) is 3. The quantitative estimate of drug-likeness (QED) is 0.597.